The molecule has 2 fully saturated rings. The average molecular weight is 573 g/mol. The van der Waals surface area contributed by atoms with E-state index in [1.54, 1.807) is 42.5 Å². The minimum atomic E-state index is -0.803. The van der Waals surface area contributed by atoms with Crippen molar-refractivity contribution in [1.29, 1.82) is 0 Å². The fraction of sp³-hybridized carbons (Fsp3) is 0.487. The summed E-state index contributed by atoms with van der Waals surface area (Å²) in [5.41, 5.74) is 3.67. The minimum Gasteiger partial charge on any atom is -0.206 e. The van der Waals surface area contributed by atoms with Gasteiger partial charge in [-0.25, -0.2) is 13.2 Å². The summed E-state index contributed by atoms with van der Waals surface area (Å²) >= 11 is 0. The fourth-order valence-corrected chi connectivity index (χ4v) is 7.60. The average Bonchev–Trinajstić information content (AvgIpc) is 3.02. The van der Waals surface area contributed by atoms with E-state index in [2.05, 4.69) is 32.1 Å². The summed E-state index contributed by atoms with van der Waals surface area (Å²) in [6.07, 6.45) is 19.4. The van der Waals surface area contributed by atoms with Crippen molar-refractivity contribution in [2.24, 2.45) is 17.8 Å². The van der Waals surface area contributed by atoms with Crippen LogP contribution in [0.15, 0.2) is 66.7 Å². The lowest BCUT2D eigenvalue weighted by Gasteiger charge is -2.37. The Kier molecular flexibility index (Phi) is 10.6. The zero-order valence-electron chi connectivity index (χ0n) is 25.5. The number of hydrogen-bond donors (Lipinski definition) is 0. The summed E-state index contributed by atoms with van der Waals surface area (Å²) in [5, 5.41) is 0. The molecule has 0 N–H and O–H groups in total. The number of aryl methyl sites for hydroxylation is 1. The SMILES string of the molecule is C/C=C/C1CCC(C2CCC(c3ccc(-c4ccc(-c5ccc(CCCCCC)c(F)c5F)cc4)c(F)c3)CC2)CC1. The lowest BCUT2D eigenvalue weighted by Crippen LogP contribution is -2.25. The van der Waals surface area contributed by atoms with Crippen molar-refractivity contribution in [2.75, 3.05) is 0 Å². The van der Waals surface area contributed by atoms with E-state index >= 15 is 4.39 Å². The van der Waals surface area contributed by atoms with Crippen LogP contribution in [0.2, 0.25) is 0 Å². The smallest absolute Gasteiger partial charge is 0.166 e. The van der Waals surface area contributed by atoms with E-state index in [-0.39, 0.29) is 11.4 Å². The molecule has 0 unspecified atom stereocenters. The first-order valence-electron chi connectivity index (χ1n) is 16.5. The Bertz CT molecular complexity index is 1320. The number of hydrogen-bond acceptors (Lipinski definition) is 0. The largest absolute Gasteiger partial charge is 0.206 e. The molecule has 0 atom stereocenters. The van der Waals surface area contributed by atoms with Gasteiger partial charge in [-0.2, -0.15) is 0 Å². The quantitative estimate of drug-likeness (QED) is 0.167. The van der Waals surface area contributed by atoms with Gasteiger partial charge in [-0.15, -0.1) is 0 Å². The van der Waals surface area contributed by atoms with Crippen LogP contribution in [0, 0.1) is 35.2 Å². The van der Waals surface area contributed by atoms with Crippen molar-refractivity contribution < 1.29 is 13.2 Å². The molecule has 0 radical (unpaired) electrons. The van der Waals surface area contributed by atoms with Gasteiger partial charge in [0.15, 0.2) is 11.6 Å². The maximum Gasteiger partial charge on any atom is 0.166 e. The molecule has 2 aliphatic carbocycles. The van der Waals surface area contributed by atoms with Gasteiger partial charge in [0, 0.05) is 11.1 Å². The van der Waals surface area contributed by atoms with Crippen LogP contribution in [0.5, 0.6) is 0 Å². The first-order chi connectivity index (χ1) is 20.5. The van der Waals surface area contributed by atoms with E-state index in [4.69, 9.17) is 0 Å². The second kappa shape index (κ2) is 14.6. The molecular weight excluding hydrogens is 525 g/mol. The van der Waals surface area contributed by atoms with E-state index in [0.29, 0.717) is 29.0 Å². The molecule has 0 aliphatic heterocycles. The molecule has 3 aromatic carbocycles. The number of benzene rings is 3. The number of unbranched alkanes of at least 4 members (excludes halogenated alkanes) is 3. The molecule has 2 aliphatic rings. The Labute approximate surface area is 251 Å². The van der Waals surface area contributed by atoms with E-state index < -0.39 is 11.6 Å². The van der Waals surface area contributed by atoms with Crippen LogP contribution in [0.4, 0.5) is 13.2 Å². The lowest BCUT2D eigenvalue weighted by atomic mass is 9.68. The van der Waals surface area contributed by atoms with E-state index in [1.165, 1.54) is 38.5 Å². The van der Waals surface area contributed by atoms with Crippen LogP contribution in [-0.2, 0) is 6.42 Å². The van der Waals surface area contributed by atoms with Crippen molar-refractivity contribution in [3.05, 3.63) is 95.3 Å². The number of halogens is 3. The summed E-state index contributed by atoms with van der Waals surface area (Å²) in [7, 11) is 0. The van der Waals surface area contributed by atoms with Gasteiger partial charge in [-0.3, -0.25) is 0 Å². The van der Waals surface area contributed by atoms with Crippen LogP contribution < -0.4 is 0 Å². The minimum absolute atomic E-state index is 0.214. The Hall–Kier alpha value is -2.81. The molecule has 224 valence electrons. The molecule has 0 spiro atoms. The summed E-state index contributed by atoms with van der Waals surface area (Å²) in [4.78, 5) is 0. The van der Waals surface area contributed by atoms with Gasteiger partial charge in [0.05, 0.1) is 0 Å². The third kappa shape index (κ3) is 7.21. The number of allylic oxidation sites excluding steroid dienone is 2. The van der Waals surface area contributed by atoms with E-state index in [1.807, 2.05) is 6.07 Å². The van der Waals surface area contributed by atoms with Crippen LogP contribution in [0.3, 0.4) is 0 Å². The van der Waals surface area contributed by atoms with Crippen molar-refractivity contribution in [3.8, 4) is 22.3 Å². The monoisotopic (exact) mass is 572 g/mol. The second-order valence-corrected chi connectivity index (χ2v) is 12.8. The molecule has 3 aromatic rings. The number of rotatable bonds is 10. The second-order valence-electron chi connectivity index (χ2n) is 12.8. The molecule has 0 bridgehead atoms. The predicted octanol–water partition coefficient (Wildman–Crippen LogP) is 12.2. The van der Waals surface area contributed by atoms with Gasteiger partial charge in [-0.05, 0) is 123 Å². The van der Waals surface area contributed by atoms with Crippen molar-refractivity contribution >= 4 is 0 Å². The van der Waals surface area contributed by atoms with Gasteiger partial charge in [0.2, 0.25) is 0 Å². The Balaban J connectivity index is 1.20. The predicted molar refractivity (Wildman–Crippen MR) is 170 cm³/mol. The Morgan fingerprint density at radius 3 is 1.90 bits per heavy atom. The van der Waals surface area contributed by atoms with E-state index in [9.17, 15) is 8.78 Å². The Morgan fingerprint density at radius 2 is 1.29 bits per heavy atom. The first kappa shape index (κ1) is 30.6. The summed E-state index contributed by atoms with van der Waals surface area (Å²) in [6, 6.07) is 16.2. The van der Waals surface area contributed by atoms with Crippen LogP contribution in [-0.4, -0.2) is 0 Å². The highest BCUT2D eigenvalue weighted by Crippen LogP contribution is 2.44. The molecule has 5 rings (SSSR count). The third-order valence-electron chi connectivity index (χ3n) is 10.2. The van der Waals surface area contributed by atoms with Gasteiger partial charge in [0.25, 0.3) is 0 Å². The molecule has 0 heterocycles. The molecule has 0 nitrogen and oxygen atoms in total. The van der Waals surface area contributed by atoms with Gasteiger partial charge < -0.3 is 0 Å². The zero-order valence-corrected chi connectivity index (χ0v) is 25.5. The Morgan fingerprint density at radius 1 is 0.667 bits per heavy atom. The topological polar surface area (TPSA) is 0 Å². The highest BCUT2D eigenvalue weighted by molar-refractivity contribution is 5.71. The van der Waals surface area contributed by atoms with E-state index in [0.717, 1.165) is 67.4 Å². The molecule has 0 amide bonds. The summed E-state index contributed by atoms with van der Waals surface area (Å²) in [6.45, 7) is 4.26. The lowest BCUT2D eigenvalue weighted by molar-refractivity contribution is 0.171. The molecule has 0 saturated heterocycles. The van der Waals surface area contributed by atoms with Crippen molar-refractivity contribution in [2.45, 2.75) is 103 Å². The first-order valence-corrected chi connectivity index (χ1v) is 16.5. The normalized spacial score (nSPS) is 23.0. The summed E-state index contributed by atoms with van der Waals surface area (Å²) in [5.74, 6) is 1.14. The highest BCUT2D eigenvalue weighted by Gasteiger charge is 2.31. The van der Waals surface area contributed by atoms with Gasteiger partial charge in [-0.1, -0.05) is 86.9 Å². The van der Waals surface area contributed by atoms with Crippen LogP contribution in [0.1, 0.15) is 108 Å². The molecule has 0 aromatic heterocycles. The maximum absolute atomic E-state index is 15.4. The zero-order chi connectivity index (χ0) is 29.5. The standard InChI is InChI=1S/C39H47F3/c1-3-5-6-7-9-33-22-25-36(39(42)38(33)41)32-20-18-31(19-21-32)35-24-23-34(26-37(35)40)30-16-14-29(15-17-30)28-12-10-27(8-4-2)11-13-28/h4,8,18-30H,3,5-7,9-17H2,1-2H3/b8-4+. The maximum atomic E-state index is 15.4. The molecule has 42 heavy (non-hydrogen) atoms. The van der Waals surface area contributed by atoms with Crippen molar-refractivity contribution in [3.63, 3.8) is 0 Å². The molecule has 2 saturated carbocycles. The third-order valence-corrected chi connectivity index (χ3v) is 10.2. The van der Waals surface area contributed by atoms with Crippen LogP contribution >= 0.6 is 0 Å². The molecule has 3 heteroatoms. The summed E-state index contributed by atoms with van der Waals surface area (Å²) < 4.78 is 45.1. The molecular formula is C39H47F3. The van der Waals surface area contributed by atoms with Gasteiger partial charge >= 0.3 is 0 Å². The van der Waals surface area contributed by atoms with Crippen LogP contribution in [0.25, 0.3) is 22.3 Å². The fourth-order valence-electron chi connectivity index (χ4n) is 7.60. The van der Waals surface area contributed by atoms with Crippen molar-refractivity contribution in [1.82, 2.24) is 0 Å². The highest BCUT2D eigenvalue weighted by atomic mass is 19.2. The van der Waals surface area contributed by atoms with Gasteiger partial charge in [0.1, 0.15) is 5.82 Å².